The standard InChI is InChI=1S/C17H34N2/c1-6-18-15-8-7-14(13(2)3)11-16(15)19-10-9-17(4,5)12-19/h13-16,18H,6-12H2,1-5H3. The molecule has 3 atom stereocenters. The molecule has 0 amide bonds. The second-order valence-corrected chi connectivity index (χ2v) is 7.93. The molecule has 1 aliphatic carbocycles. The monoisotopic (exact) mass is 266 g/mol. The lowest BCUT2D eigenvalue weighted by Crippen LogP contribution is -2.53. The molecule has 1 saturated heterocycles. The molecule has 0 bridgehead atoms. The van der Waals surface area contributed by atoms with Gasteiger partial charge < -0.3 is 5.32 Å². The maximum atomic E-state index is 3.76. The van der Waals surface area contributed by atoms with Crippen LogP contribution in [-0.4, -0.2) is 36.6 Å². The molecular weight excluding hydrogens is 232 g/mol. The van der Waals surface area contributed by atoms with Crippen LogP contribution < -0.4 is 5.32 Å². The Morgan fingerprint density at radius 1 is 1.26 bits per heavy atom. The third kappa shape index (κ3) is 3.72. The molecule has 112 valence electrons. The third-order valence-electron chi connectivity index (χ3n) is 5.44. The van der Waals surface area contributed by atoms with Gasteiger partial charge in [0.25, 0.3) is 0 Å². The van der Waals surface area contributed by atoms with E-state index in [0.717, 1.165) is 30.5 Å². The van der Waals surface area contributed by atoms with Crippen molar-refractivity contribution in [3.8, 4) is 0 Å². The molecule has 1 aliphatic heterocycles. The molecule has 2 heteroatoms. The minimum Gasteiger partial charge on any atom is -0.313 e. The van der Waals surface area contributed by atoms with Gasteiger partial charge in [-0.25, -0.2) is 0 Å². The maximum Gasteiger partial charge on any atom is 0.0252 e. The van der Waals surface area contributed by atoms with Gasteiger partial charge in [0.1, 0.15) is 0 Å². The summed E-state index contributed by atoms with van der Waals surface area (Å²) in [5, 5.41) is 3.76. The first kappa shape index (κ1) is 15.3. The van der Waals surface area contributed by atoms with Gasteiger partial charge in [-0.3, -0.25) is 4.90 Å². The van der Waals surface area contributed by atoms with Crippen molar-refractivity contribution >= 4 is 0 Å². The van der Waals surface area contributed by atoms with Crippen molar-refractivity contribution in [2.24, 2.45) is 17.3 Å². The first-order valence-corrected chi connectivity index (χ1v) is 8.40. The first-order chi connectivity index (χ1) is 8.93. The second kappa shape index (κ2) is 6.13. The van der Waals surface area contributed by atoms with Crippen molar-refractivity contribution in [3.05, 3.63) is 0 Å². The highest BCUT2D eigenvalue weighted by atomic mass is 15.2. The van der Waals surface area contributed by atoms with Crippen LogP contribution in [-0.2, 0) is 0 Å². The SMILES string of the molecule is CCNC1CCC(C(C)C)CC1N1CCC(C)(C)C1. The van der Waals surface area contributed by atoms with Gasteiger partial charge in [0.2, 0.25) is 0 Å². The Kier molecular flexibility index (Phi) is 4.94. The van der Waals surface area contributed by atoms with Crippen LogP contribution in [0.5, 0.6) is 0 Å². The molecule has 19 heavy (non-hydrogen) atoms. The second-order valence-electron chi connectivity index (χ2n) is 7.93. The fourth-order valence-corrected chi connectivity index (χ4v) is 4.12. The molecule has 1 saturated carbocycles. The van der Waals surface area contributed by atoms with Crippen molar-refractivity contribution in [2.75, 3.05) is 19.6 Å². The number of likely N-dealkylation sites (N-methyl/N-ethyl adjacent to an activating group) is 1. The van der Waals surface area contributed by atoms with Gasteiger partial charge in [-0.05, 0) is 56.0 Å². The Morgan fingerprint density at radius 2 is 2.00 bits per heavy atom. The molecule has 2 nitrogen and oxygen atoms in total. The summed E-state index contributed by atoms with van der Waals surface area (Å²) < 4.78 is 0. The van der Waals surface area contributed by atoms with Crippen LogP contribution in [0, 0.1) is 17.3 Å². The molecule has 0 aromatic heterocycles. The molecule has 2 fully saturated rings. The zero-order valence-corrected chi connectivity index (χ0v) is 13.7. The number of nitrogens with one attached hydrogen (secondary N) is 1. The van der Waals surface area contributed by atoms with E-state index in [2.05, 4.69) is 44.8 Å². The van der Waals surface area contributed by atoms with Crippen LogP contribution in [0.4, 0.5) is 0 Å². The summed E-state index contributed by atoms with van der Waals surface area (Å²) >= 11 is 0. The Balaban J connectivity index is 2.03. The Hall–Kier alpha value is -0.0800. The van der Waals surface area contributed by atoms with Crippen LogP contribution >= 0.6 is 0 Å². The molecule has 2 aliphatic rings. The summed E-state index contributed by atoms with van der Waals surface area (Å²) in [6.45, 7) is 15.6. The summed E-state index contributed by atoms with van der Waals surface area (Å²) in [7, 11) is 0. The minimum absolute atomic E-state index is 0.529. The first-order valence-electron chi connectivity index (χ1n) is 8.40. The predicted molar refractivity (Wildman–Crippen MR) is 83.4 cm³/mol. The number of nitrogens with zero attached hydrogens (tertiary/aromatic N) is 1. The molecule has 0 aromatic rings. The molecule has 0 spiro atoms. The fraction of sp³-hybridized carbons (Fsp3) is 1.00. The highest BCUT2D eigenvalue weighted by molar-refractivity contribution is 4.96. The fourth-order valence-electron chi connectivity index (χ4n) is 4.12. The van der Waals surface area contributed by atoms with Crippen LogP contribution in [0.25, 0.3) is 0 Å². The van der Waals surface area contributed by atoms with E-state index < -0.39 is 0 Å². The maximum absolute atomic E-state index is 3.76. The van der Waals surface area contributed by atoms with Gasteiger partial charge in [0.05, 0.1) is 0 Å². The van der Waals surface area contributed by atoms with Gasteiger partial charge in [0, 0.05) is 18.6 Å². The summed E-state index contributed by atoms with van der Waals surface area (Å²) in [4.78, 5) is 2.79. The summed E-state index contributed by atoms with van der Waals surface area (Å²) in [6.07, 6.45) is 5.57. The lowest BCUT2D eigenvalue weighted by atomic mass is 9.76. The number of hydrogen-bond donors (Lipinski definition) is 1. The zero-order chi connectivity index (χ0) is 14.0. The van der Waals surface area contributed by atoms with Crippen molar-refractivity contribution < 1.29 is 0 Å². The quantitative estimate of drug-likeness (QED) is 0.837. The zero-order valence-electron chi connectivity index (χ0n) is 13.7. The molecule has 3 unspecified atom stereocenters. The summed E-state index contributed by atoms with van der Waals surface area (Å²) in [5.74, 6) is 1.78. The Morgan fingerprint density at radius 3 is 2.53 bits per heavy atom. The molecule has 0 radical (unpaired) electrons. The normalized spacial score (nSPS) is 36.0. The van der Waals surface area contributed by atoms with Crippen LogP contribution in [0.1, 0.15) is 60.3 Å². The van der Waals surface area contributed by atoms with Gasteiger partial charge in [-0.1, -0.05) is 34.6 Å². The lowest BCUT2D eigenvalue weighted by molar-refractivity contribution is 0.0944. The largest absolute Gasteiger partial charge is 0.313 e. The van der Waals surface area contributed by atoms with Crippen molar-refractivity contribution in [1.82, 2.24) is 10.2 Å². The highest BCUT2D eigenvalue weighted by Crippen LogP contribution is 2.37. The lowest BCUT2D eigenvalue weighted by Gasteiger charge is -2.43. The Bertz CT molecular complexity index is 285. The van der Waals surface area contributed by atoms with E-state index in [4.69, 9.17) is 0 Å². The van der Waals surface area contributed by atoms with E-state index in [-0.39, 0.29) is 0 Å². The number of hydrogen-bond acceptors (Lipinski definition) is 2. The van der Waals surface area contributed by atoms with E-state index in [0.29, 0.717) is 5.41 Å². The Labute approximate surface area is 120 Å². The van der Waals surface area contributed by atoms with E-state index in [9.17, 15) is 0 Å². The average Bonchev–Trinajstić information content (AvgIpc) is 2.70. The minimum atomic E-state index is 0.529. The van der Waals surface area contributed by atoms with Crippen molar-refractivity contribution in [1.29, 1.82) is 0 Å². The summed E-state index contributed by atoms with van der Waals surface area (Å²) in [5.41, 5.74) is 0.529. The van der Waals surface area contributed by atoms with Crippen molar-refractivity contribution in [3.63, 3.8) is 0 Å². The average molecular weight is 266 g/mol. The molecule has 0 aromatic carbocycles. The molecular formula is C17H34N2. The number of likely N-dealkylation sites (tertiary alicyclic amines) is 1. The van der Waals surface area contributed by atoms with E-state index >= 15 is 0 Å². The van der Waals surface area contributed by atoms with E-state index in [1.807, 2.05) is 0 Å². The van der Waals surface area contributed by atoms with Crippen LogP contribution in [0.3, 0.4) is 0 Å². The molecule has 2 rings (SSSR count). The van der Waals surface area contributed by atoms with E-state index in [1.165, 1.54) is 38.8 Å². The van der Waals surface area contributed by atoms with Gasteiger partial charge >= 0.3 is 0 Å². The van der Waals surface area contributed by atoms with Gasteiger partial charge in [-0.2, -0.15) is 0 Å². The third-order valence-corrected chi connectivity index (χ3v) is 5.44. The topological polar surface area (TPSA) is 15.3 Å². The smallest absolute Gasteiger partial charge is 0.0252 e. The van der Waals surface area contributed by atoms with Crippen LogP contribution in [0.2, 0.25) is 0 Å². The van der Waals surface area contributed by atoms with E-state index in [1.54, 1.807) is 0 Å². The predicted octanol–water partition coefficient (Wildman–Crippen LogP) is 3.52. The molecule has 1 heterocycles. The summed E-state index contributed by atoms with van der Waals surface area (Å²) in [6, 6.07) is 1.51. The van der Waals surface area contributed by atoms with Crippen molar-refractivity contribution in [2.45, 2.75) is 72.4 Å². The van der Waals surface area contributed by atoms with Gasteiger partial charge in [0.15, 0.2) is 0 Å². The molecule has 1 N–H and O–H groups in total. The van der Waals surface area contributed by atoms with Crippen LogP contribution in [0.15, 0.2) is 0 Å². The number of rotatable bonds is 4. The highest BCUT2D eigenvalue weighted by Gasteiger charge is 2.39. The van der Waals surface area contributed by atoms with Gasteiger partial charge in [-0.15, -0.1) is 0 Å².